The van der Waals surface area contributed by atoms with Gasteiger partial charge in [-0.15, -0.1) is 0 Å². The lowest BCUT2D eigenvalue weighted by Crippen LogP contribution is -2.19. The lowest BCUT2D eigenvalue weighted by Gasteiger charge is -2.06. The van der Waals surface area contributed by atoms with Crippen LogP contribution < -0.4 is 0 Å². The summed E-state index contributed by atoms with van der Waals surface area (Å²) in [5.74, 6) is 0.192. The summed E-state index contributed by atoms with van der Waals surface area (Å²) in [7, 11) is 0. The molecule has 1 saturated heterocycles. The maximum atomic E-state index is 9.01. The van der Waals surface area contributed by atoms with Crippen LogP contribution in [0, 0.1) is 5.92 Å². The predicted molar refractivity (Wildman–Crippen MR) is 30.8 cm³/mol. The molecule has 0 radical (unpaired) electrons. The Labute approximate surface area is 53.4 Å². The summed E-state index contributed by atoms with van der Waals surface area (Å²) in [6.07, 6.45) is -0.475. The van der Waals surface area contributed by atoms with Crippen molar-refractivity contribution in [2.45, 2.75) is 18.6 Å². The first-order valence-electron chi connectivity index (χ1n) is 2.65. The van der Waals surface area contributed by atoms with E-state index in [0.717, 1.165) is 0 Å². The van der Waals surface area contributed by atoms with E-state index < -0.39 is 11.7 Å². The highest BCUT2D eigenvalue weighted by Gasteiger charge is 2.30. The maximum Gasteiger partial charge on any atom is 0.157 e. The van der Waals surface area contributed by atoms with Crippen LogP contribution in [0.3, 0.4) is 0 Å². The summed E-state index contributed by atoms with van der Waals surface area (Å²) in [6.45, 7) is 2.49. The molecule has 0 aromatic heterocycles. The lowest BCUT2D eigenvalue weighted by molar-refractivity contribution is 0.0927. The number of hydrogen-bond acceptors (Lipinski definition) is 2. The second-order valence-electron chi connectivity index (χ2n) is 2.15. The number of alkyl halides is 1. The van der Waals surface area contributed by atoms with E-state index in [4.69, 9.17) is 21.4 Å². The van der Waals surface area contributed by atoms with Crippen molar-refractivity contribution in [2.75, 3.05) is 6.61 Å². The van der Waals surface area contributed by atoms with Crippen LogP contribution in [0.15, 0.2) is 0 Å². The molecule has 0 bridgehead atoms. The van der Waals surface area contributed by atoms with Gasteiger partial charge in [-0.2, -0.15) is 0 Å². The number of aliphatic hydroxyl groups excluding tert-OH is 1. The molecule has 0 amide bonds. The molecule has 0 saturated carbocycles. The van der Waals surface area contributed by atoms with Gasteiger partial charge in [0.1, 0.15) is 0 Å². The summed E-state index contributed by atoms with van der Waals surface area (Å²) in [6, 6.07) is 0. The Hall–Kier alpha value is 0.210. The standard InChI is InChI=1S/C5H9ClO2/c1-3-2-8-5(6)4(3)7/h3-5,7H,2H2,1H3. The van der Waals surface area contributed by atoms with Crippen molar-refractivity contribution in [3.63, 3.8) is 0 Å². The van der Waals surface area contributed by atoms with Crippen LogP contribution >= 0.6 is 11.6 Å². The van der Waals surface area contributed by atoms with Gasteiger partial charge in [0.25, 0.3) is 0 Å². The molecule has 0 aromatic rings. The molecule has 8 heavy (non-hydrogen) atoms. The van der Waals surface area contributed by atoms with Crippen molar-refractivity contribution < 1.29 is 9.84 Å². The molecule has 1 rings (SSSR count). The fourth-order valence-electron chi connectivity index (χ4n) is 0.699. The zero-order valence-electron chi connectivity index (χ0n) is 4.67. The zero-order valence-corrected chi connectivity index (χ0v) is 5.43. The maximum absolute atomic E-state index is 9.01. The first-order chi connectivity index (χ1) is 3.72. The van der Waals surface area contributed by atoms with Gasteiger partial charge in [-0.1, -0.05) is 18.5 Å². The molecule has 1 N–H and O–H groups in total. The molecular weight excluding hydrogens is 128 g/mol. The van der Waals surface area contributed by atoms with Crippen LogP contribution in [0.1, 0.15) is 6.92 Å². The lowest BCUT2D eigenvalue weighted by atomic mass is 10.1. The van der Waals surface area contributed by atoms with Gasteiger partial charge in [0, 0.05) is 5.92 Å². The fraction of sp³-hybridized carbons (Fsp3) is 1.00. The summed E-state index contributed by atoms with van der Waals surface area (Å²) in [5.41, 5.74) is -0.481. The zero-order chi connectivity index (χ0) is 6.15. The fourth-order valence-corrected chi connectivity index (χ4v) is 1.02. The number of hydrogen-bond donors (Lipinski definition) is 1. The van der Waals surface area contributed by atoms with Crippen LogP contribution in [0.5, 0.6) is 0 Å². The monoisotopic (exact) mass is 136 g/mol. The van der Waals surface area contributed by atoms with E-state index in [1.54, 1.807) is 0 Å². The molecule has 0 spiro atoms. The van der Waals surface area contributed by atoms with Crippen molar-refractivity contribution in [1.29, 1.82) is 0 Å². The van der Waals surface area contributed by atoms with Crippen molar-refractivity contribution in [2.24, 2.45) is 5.92 Å². The number of ether oxygens (including phenoxy) is 1. The smallest absolute Gasteiger partial charge is 0.157 e. The SMILES string of the molecule is CC1COC(Cl)C1O. The number of halogens is 1. The summed E-state index contributed by atoms with van der Waals surface area (Å²) in [5, 5.41) is 9.01. The molecule has 3 unspecified atom stereocenters. The molecule has 1 fully saturated rings. The molecule has 3 heteroatoms. The minimum atomic E-state index is -0.481. The van der Waals surface area contributed by atoms with Gasteiger partial charge in [-0.25, -0.2) is 0 Å². The van der Waals surface area contributed by atoms with Gasteiger partial charge in [0.05, 0.1) is 12.7 Å². The van der Waals surface area contributed by atoms with Gasteiger partial charge < -0.3 is 9.84 Å². The van der Waals surface area contributed by atoms with Gasteiger partial charge in [-0.3, -0.25) is 0 Å². The molecule has 1 aliphatic heterocycles. The molecule has 1 heterocycles. The molecule has 0 aromatic carbocycles. The third-order valence-electron chi connectivity index (χ3n) is 1.37. The van der Waals surface area contributed by atoms with Crippen molar-refractivity contribution >= 4 is 11.6 Å². The minimum Gasteiger partial charge on any atom is -0.389 e. The first kappa shape index (κ1) is 6.33. The van der Waals surface area contributed by atoms with Gasteiger partial charge in [0.15, 0.2) is 5.56 Å². The average Bonchev–Trinajstić information content (AvgIpc) is 1.98. The topological polar surface area (TPSA) is 29.5 Å². The second-order valence-corrected chi connectivity index (χ2v) is 2.58. The van der Waals surface area contributed by atoms with E-state index in [1.807, 2.05) is 6.92 Å². The molecule has 48 valence electrons. The normalized spacial score (nSPS) is 47.6. The second kappa shape index (κ2) is 2.21. The minimum absolute atomic E-state index is 0.192. The van der Waals surface area contributed by atoms with Crippen LogP contribution in [-0.4, -0.2) is 23.4 Å². The van der Waals surface area contributed by atoms with Crippen LogP contribution in [-0.2, 0) is 4.74 Å². The molecule has 2 nitrogen and oxygen atoms in total. The third-order valence-corrected chi connectivity index (χ3v) is 1.75. The quantitative estimate of drug-likeness (QED) is 0.494. The van der Waals surface area contributed by atoms with Gasteiger partial charge in [-0.05, 0) is 0 Å². The molecule has 0 aliphatic carbocycles. The van der Waals surface area contributed by atoms with Crippen LogP contribution in [0.4, 0.5) is 0 Å². The van der Waals surface area contributed by atoms with Crippen molar-refractivity contribution in [3.8, 4) is 0 Å². The molecule has 1 aliphatic rings. The molecular formula is C5H9ClO2. The number of aliphatic hydroxyl groups is 1. The van der Waals surface area contributed by atoms with Crippen LogP contribution in [0.25, 0.3) is 0 Å². The Morgan fingerprint density at radius 1 is 1.75 bits per heavy atom. The average molecular weight is 137 g/mol. The van der Waals surface area contributed by atoms with E-state index in [0.29, 0.717) is 6.61 Å². The van der Waals surface area contributed by atoms with Crippen molar-refractivity contribution in [1.82, 2.24) is 0 Å². The summed E-state index contributed by atoms with van der Waals surface area (Å²) >= 11 is 5.49. The Morgan fingerprint density at radius 2 is 2.38 bits per heavy atom. The first-order valence-corrected chi connectivity index (χ1v) is 3.09. The van der Waals surface area contributed by atoms with Gasteiger partial charge >= 0.3 is 0 Å². The Morgan fingerprint density at radius 3 is 2.50 bits per heavy atom. The largest absolute Gasteiger partial charge is 0.389 e. The Bertz CT molecular complexity index is 76.5. The summed E-state index contributed by atoms with van der Waals surface area (Å²) in [4.78, 5) is 0. The van der Waals surface area contributed by atoms with E-state index in [9.17, 15) is 0 Å². The van der Waals surface area contributed by atoms with Crippen LogP contribution in [0.2, 0.25) is 0 Å². The highest BCUT2D eigenvalue weighted by Crippen LogP contribution is 2.21. The van der Waals surface area contributed by atoms with E-state index in [2.05, 4.69) is 0 Å². The van der Waals surface area contributed by atoms with Gasteiger partial charge in [0.2, 0.25) is 0 Å². The third kappa shape index (κ3) is 0.966. The van der Waals surface area contributed by atoms with E-state index >= 15 is 0 Å². The summed E-state index contributed by atoms with van der Waals surface area (Å²) < 4.78 is 4.89. The molecule has 3 atom stereocenters. The van der Waals surface area contributed by atoms with Crippen molar-refractivity contribution in [3.05, 3.63) is 0 Å². The highest BCUT2D eigenvalue weighted by molar-refractivity contribution is 6.20. The Balaban J connectivity index is 2.44. The predicted octanol–water partition coefficient (Wildman–Crippen LogP) is 0.579. The Kier molecular flexibility index (Phi) is 1.75. The highest BCUT2D eigenvalue weighted by atomic mass is 35.5. The van der Waals surface area contributed by atoms with E-state index in [1.165, 1.54) is 0 Å². The number of rotatable bonds is 0. The van der Waals surface area contributed by atoms with E-state index in [-0.39, 0.29) is 5.92 Å².